The minimum atomic E-state index is -1.16. The molecule has 18 heavy (non-hydrogen) atoms. The molecule has 0 heterocycles. The Kier molecular flexibility index (Phi) is 5.40. The number of aliphatic carboxylic acids is 1. The highest BCUT2D eigenvalue weighted by Gasteiger charge is 2.19. The average Bonchev–Trinajstić information content (AvgIpc) is 2.29. The Balaban J connectivity index is 2.82. The molecule has 1 atom stereocenters. The van der Waals surface area contributed by atoms with Gasteiger partial charge in [0.05, 0.1) is 28.2 Å². The van der Waals surface area contributed by atoms with E-state index in [-0.39, 0.29) is 15.7 Å². The Bertz CT molecular complexity index is 496. The van der Waals surface area contributed by atoms with Crippen molar-refractivity contribution >= 4 is 56.7 Å². The van der Waals surface area contributed by atoms with Crippen LogP contribution in [0.5, 0.6) is 0 Å². The molecule has 0 bridgehead atoms. The molecule has 1 unspecified atom stereocenters. The number of anilines is 1. The quantitative estimate of drug-likeness (QED) is 0.723. The third kappa shape index (κ3) is 3.84. The lowest BCUT2D eigenvalue weighted by Gasteiger charge is -2.12. The zero-order valence-electron chi connectivity index (χ0n) is 8.91. The predicted octanol–water partition coefficient (Wildman–Crippen LogP) is 2.50. The highest BCUT2D eigenvalue weighted by atomic mass is 79.9. The fourth-order valence-corrected chi connectivity index (χ4v) is 1.95. The molecule has 1 amide bonds. The van der Waals surface area contributed by atoms with Gasteiger partial charge in [-0.05, 0) is 28.1 Å². The molecule has 1 aromatic carbocycles. The lowest BCUT2D eigenvalue weighted by molar-refractivity contribution is -0.138. The van der Waals surface area contributed by atoms with Crippen molar-refractivity contribution in [3.8, 4) is 0 Å². The van der Waals surface area contributed by atoms with Gasteiger partial charge < -0.3 is 16.2 Å². The summed E-state index contributed by atoms with van der Waals surface area (Å²) in [6, 6.07) is 1.98. The number of rotatable bonds is 4. The molecule has 4 N–H and O–H groups in total. The molecule has 0 aliphatic heterocycles. The molecule has 5 nitrogen and oxygen atoms in total. The summed E-state index contributed by atoms with van der Waals surface area (Å²) in [4.78, 5) is 22.0. The summed E-state index contributed by atoms with van der Waals surface area (Å²) >= 11 is 15.0. The van der Waals surface area contributed by atoms with E-state index in [1.807, 2.05) is 0 Å². The molecule has 8 heteroatoms. The average molecular weight is 356 g/mol. The van der Waals surface area contributed by atoms with Crippen LogP contribution in [-0.4, -0.2) is 23.0 Å². The molecule has 0 aromatic heterocycles. The third-order valence-corrected chi connectivity index (χ3v) is 3.80. The lowest BCUT2D eigenvalue weighted by atomic mass is 10.2. The number of carboxylic acids is 1. The maximum Gasteiger partial charge on any atom is 0.305 e. The van der Waals surface area contributed by atoms with Crippen LogP contribution >= 0.6 is 39.1 Å². The third-order valence-electron chi connectivity index (χ3n) is 2.02. The monoisotopic (exact) mass is 354 g/mol. The molecule has 0 saturated heterocycles. The zero-order chi connectivity index (χ0) is 13.9. The summed E-state index contributed by atoms with van der Waals surface area (Å²) in [6.07, 6.45) is -0.465. The van der Waals surface area contributed by atoms with E-state index in [2.05, 4.69) is 21.2 Å². The first-order valence-corrected chi connectivity index (χ1v) is 6.29. The minimum Gasteiger partial charge on any atom is -0.481 e. The zero-order valence-corrected chi connectivity index (χ0v) is 12.0. The normalized spacial score (nSPS) is 12.0. The summed E-state index contributed by atoms with van der Waals surface area (Å²) in [5.74, 6) is -1.80. The van der Waals surface area contributed by atoms with E-state index in [0.717, 1.165) is 0 Å². The maximum atomic E-state index is 11.6. The molecule has 0 aliphatic rings. The predicted molar refractivity (Wildman–Crippen MR) is 73.0 cm³/mol. The van der Waals surface area contributed by atoms with Crippen molar-refractivity contribution in [2.24, 2.45) is 5.73 Å². The fourth-order valence-electron chi connectivity index (χ4n) is 1.13. The van der Waals surface area contributed by atoms with Gasteiger partial charge in [0, 0.05) is 4.47 Å². The number of nitrogens with two attached hydrogens (primary N) is 1. The van der Waals surface area contributed by atoms with E-state index in [1.165, 1.54) is 6.07 Å². The smallest absolute Gasteiger partial charge is 0.305 e. The topological polar surface area (TPSA) is 92.4 Å². The molecule has 0 aliphatic carbocycles. The molecule has 0 saturated carbocycles. The van der Waals surface area contributed by atoms with Gasteiger partial charge in [-0.2, -0.15) is 0 Å². The summed E-state index contributed by atoms with van der Waals surface area (Å²) in [5.41, 5.74) is 5.68. The molecule has 0 spiro atoms. The van der Waals surface area contributed by atoms with Gasteiger partial charge in [0.1, 0.15) is 0 Å². The number of carbonyl (C=O) groups excluding carboxylic acids is 1. The summed E-state index contributed by atoms with van der Waals surface area (Å²) in [6.45, 7) is 0. The second-order valence-corrected chi connectivity index (χ2v) is 5.03. The number of halogens is 3. The number of carbonyl (C=O) groups is 2. The molecular formula is C10H9BrCl2N2O3. The van der Waals surface area contributed by atoms with Gasteiger partial charge >= 0.3 is 5.97 Å². The van der Waals surface area contributed by atoms with E-state index in [1.54, 1.807) is 6.07 Å². The molecule has 1 aromatic rings. The van der Waals surface area contributed by atoms with E-state index in [4.69, 9.17) is 34.0 Å². The highest BCUT2D eigenvalue weighted by Crippen LogP contribution is 2.35. The largest absolute Gasteiger partial charge is 0.481 e. The van der Waals surface area contributed by atoms with Gasteiger partial charge in [-0.3, -0.25) is 9.59 Å². The SMILES string of the molecule is NC(CC(=O)O)C(=O)Nc1ccc(Br)c(Cl)c1Cl. The molecule has 1 rings (SSSR count). The molecule has 98 valence electrons. The maximum absolute atomic E-state index is 11.6. The van der Waals surface area contributed by atoms with Crippen LogP contribution in [0.25, 0.3) is 0 Å². The van der Waals surface area contributed by atoms with Crippen LogP contribution in [0.2, 0.25) is 10.0 Å². The Morgan fingerprint density at radius 3 is 2.56 bits per heavy atom. The summed E-state index contributed by atoms with van der Waals surface area (Å²) in [7, 11) is 0. The summed E-state index contributed by atoms with van der Waals surface area (Å²) < 4.78 is 0.585. The van der Waals surface area contributed by atoms with Crippen LogP contribution in [0.4, 0.5) is 5.69 Å². The lowest BCUT2D eigenvalue weighted by Crippen LogP contribution is -2.37. The van der Waals surface area contributed by atoms with Gasteiger partial charge in [0.25, 0.3) is 0 Å². The van der Waals surface area contributed by atoms with Crippen LogP contribution in [0.15, 0.2) is 16.6 Å². The van der Waals surface area contributed by atoms with Gasteiger partial charge in [-0.1, -0.05) is 23.2 Å². The van der Waals surface area contributed by atoms with Crippen molar-refractivity contribution in [2.45, 2.75) is 12.5 Å². The second kappa shape index (κ2) is 6.38. The van der Waals surface area contributed by atoms with Gasteiger partial charge in [-0.25, -0.2) is 0 Å². The van der Waals surface area contributed by atoms with E-state index >= 15 is 0 Å². The van der Waals surface area contributed by atoms with E-state index in [9.17, 15) is 9.59 Å². The number of hydrogen-bond acceptors (Lipinski definition) is 3. The van der Waals surface area contributed by atoms with Crippen LogP contribution in [0, 0.1) is 0 Å². The summed E-state index contributed by atoms with van der Waals surface area (Å²) in [5, 5.41) is 11.3. The minimum absolute atomic E-state index is 0.155. The van der Waals surface area contributed by atoms with Crippen LogP contribution in [0.1, 0.15) is 6.42 Å². The Hall–Kier alpha value is -0.820. The van der Waals surface area contributed by atoms with Crippen LogP contribution in [0.3, 0.4) is 0 Å². The number of hydrogen-bond donors (Lipinski definition) is 3. The van der Waals surface area contributed by atoms with Crippen molar-refractivity contribution in [1.29, 1.82) is 0 Å². The number of carboxylic acid groups (broad SMARTS) is 1. The van der Waals surface area contributed by atoms with E-state index < -0.39 is 24.3 Å². The highest BCUT2D eigenvalue weighted by molar-refractivity contribution is 9.10. The van der Waals surface area contributed by atoms with Crippen molar-refractivity contribution in [2.75, 3.05) is 5.32 Å². The van der Waals surface area contributed by atoms with Gasteiger partial charge in [0.15, 0.2) is 0 Å². The van der Waals surface area contributed by atoms with Crippen molar-refractivity contribution in [3.63, 3.8) is 0 Å². The standard InChI is InChI=1S/C10H9BrCl2N2O3/c11-4-1-2-6(9(13)8(4)12)15-10(18)5(14)3-7(16)17/h1-2,5H,3,14H2,(H,15,18)(H,16,17). The second-order valence-electron chi connectivity index (χ2n) is 3.42. The van der Waals surface area contributed by atoms with E-state index in [0.29, 0.717) is 4.47 Å². The molecule has 0 fully saturated rings. The Morgan fingerprint density at radius 1 is 1.39 bits per heavy atom. The van der Waals surface area contributed by atoms with Crippen molar-refractivity contribution in [1.82, 2.24) is 0 Å². The first-order valence-electron chi connectivity index (χ1n) is 4.74. The number of benzene rings is 1. The van der Waals surface area contributed by atoms with Gasteiger partial charge in [0.2, 0.25) is 5.91 Å². The first kappa shape index (κ1) is 15.2. The van der Waals surface area contributed by atoms with Crippen LogP contribution in [-0.2, 0) is 9.59 Å². The molecular weight excluding hydrogens is 347 g/mol. The van der Waals surface area contributed by atoms with Crippen molar-refractivity contribution < 1.29 is 14.7 Å². The van der Waals surface area contributed by atoms with Crippen LogP contribution < -0.4 is 11.1 Å². The fraction of sp³-hybridized carbons (Fsp3) is 0.200. The Labute approximate surface area is 121 Å². The number of nitrogens with one attached hydrogen (secondary N) is 1. The molecule has 0 radical (unpaired) electrons. The Morgan fingerprint density at radius 2 is 2.00 bits per heavy atom. The first-order chi connectivity index (χ1) is 8.32. The number of amides is 1. The van der Waals surface area contributed by atoms with Crippen molar-refractivity contribution in [3.05, 3.63) is 26.7 Å². The van der Waals surface area contributed by atoms with Gasteiger partial charge in [-0.15, -0.1) is 0 Å².